The van der Waals surface area contributed by atoms with Gasteiger partial charge in [-0.15, -0.1) is 10.2 Å². The third-order valence-electron chi connectivity index (χ3n) is 5.09. The molecular formula is C21H31N7O. The number of aromatic nitrogens is 3. The van der Waals surface area contributed by atoms with Crippen molar-refractivity contribution in [2.75, 3.05) is 18.4 Å². The zero-order chi connectivity index (χ0) is 20.5. The largest absolute Gasteiger partial charge is 0.357 e. The normalized spacial score (nSPS) is 14.3. The second-order valence-corrected chi connectivity index (χ2v) is 7.23. The van der Waals surface area contributed by atoms with E-state index in [2.05, 4.69) is 38.1 Å². The minimum absolute atomic E-state index is 0.132. The number of guanidine groups is 1. The van der Waals surface area contributed by atoms with Crippen LogP contribution in [0.3, 0.4) is 0 Å². The minimum Gasteiger partial charge on any atom is -0.357 e. The number of amides is 1. The molecule has 1 fully saturated rings. The van der Waals surface area contributed by atoms with E-state index in [4.69, 9.17) is 0 Å². The van der Waals surface area contributed by atoms with Crippen LogP contribution in [-0.2, 0) is 24.3 Å². The van der Waals surface area contributed by atoms with Gasteiger partial charge in [0.15, 0.2) is 5.96 Å². The molecule has 0 unspecified atom stereocenters. The number of hydrogen-bond donors (Lipinski definition) is 3. The van der Waals surface area contributed by atoms with Crippen LogP contribution in [0.15, 0.2) is 35.6 Å². The summed E-state index contributed by atoms with van der Waals surface area (Å²) in [6, 6.07) is 7.91. The molecule has 1 aliphatic carbocycles. The average molecular weight is 398 g/mol. The predicted octanol–water partition coefficient (Wildman–Crippen LogP) is 2.33. The number of hydrogen-bond acceptors (Lipinski definition) is 4. The Labute approximate surface area is 172 Å². The highest BCUT2D eigenvalue weighted by atomic mass is 16.1. The summed E-state index contributed by atoms with van der Waals surface area (Å²) < 4.78 is 2.05. The maximum atomic E-state index is 12.1. The van der Waals surface area contributed by atoms with Crippen molar-refractivity contribution in [3.05, 3.63) is 42.0 Å². The van der Waals surface area contributed by atoms with Crippen molar-refractivity contribution in [2.24, 2.45) is 10.9 Å². The number of nitrogens with zero attached hydrogens (tertiary/aromatic N) is 4. The number of rotatable bonds is 9. The Morgan fingerprint density at radius 1 is 1.28 bits per heavy atom. The standard InChI is InChI=1S/C21H31N7O/c1-3-19-27-25-15-28(19)12-11-23-21(22-4-2)24-14-16-7-5-10-18(13-16)26-20(29)17-8-6-9-17/h5,7,10,13,15,17H,3-4,6,8-9,11-12,14H2,1-2H3,(H,26,29)(H2,22,23,24). The lowest BCUT2D eigenvalue weighted by atomic mass is 9.85. The van der Waals surface area contributed by atoms with Gasteiger partial charge in [-0.25, -0.2) is 4.99 Å². The molecule has 3 rings (SSSR count). The van der Waals surface area contributed by atoms with E-state index < -0.39 is 0 Å². The van der Waals surface area contributed by atoms with E-state index in [-0.39, 0.29) is 11.8 Å². The van der Waals surface area contributed by atoms with E-state index in [1.807, 2.05) is 35.8 Å². The highest BCUT2D eigenvalue weighted by Crippen LogP contribution is 2.27. The molecular weight excluding hydrogens is 366 g/mol. The molecule has 0 spiro atoms. The average Bonchev–Trinajstić information content (AvgIpc) is 3.12. The van der Waals surface area contributed by atoms with Gasteiger partial charge in [0.2, 0.25) is 5.91 Å². The zero-order valence-corrected chi connectivity index (χ0v) is 17.3. The van der Waals surface area contributed by atoms with Gasteiger partial charge in [0, 0.05) is 37.7 Å². The molecule has 1 amide bonds. The molecule has 1 aliphatic rings. The Bertz CT molecular complexity index is 826. The van der Waals surface area contributed by atoms with E-state index in [1.165, 1.54) is 0 Å². The number of aliphatic imine (C=N–C) groups is 1. The van der Waals surface area contributed by atoms with Gasteiger partial charge in [0.25, 0.3) is 0 Å². The first-order valence-electron chi connectivity index (χ1n) is 10.5. The van der Waals surface area contributed by atoms with Gasteiger partial charge in [-0.2, -0.15) is 0 Å². The smallest absolute Gasteiger partial charge is 0.227 e. The van der Waals surface area contributed by atoms with E-state index in [0.717, 1.165) is 68.4 Å². The number of aryl methyl sites for hydroxylation is 1. The molecule has 2 aromatic rings. The lowest BCUT2D eigenvalue weighted by Crippen LogP contribution is -2.38. The summed E-state index contributed by atoms with van der Waals surface area (Å²) in [4.78, 5) is 16.8. The second-order valence-electron chi connectivity index (χ2n) is 7.23. The highest BCUT2D eigenvalue weighted by Gasteiger charge is 2.25. The molecule has 0 atom stereocenters. The molecule has 8 nitrogen and oxygen atoms in total. The Balaban J connectivity index is 1.53. The molecule has 0 radical (unpaired) electrons. The number of benzene rings is 1. The van der Waals surface area contributed by atoms with Crippen molar-refractivity contribution >= 4 is 17.6 Å². The SMILES string of the molecule is CCNC(=NCc1cccc(NC(=O)C2CCC2)c1)NCCn1cnnc1CC. The summed E-state index contributed by atoms with van der Waals surface area (Å²) in [5.74, 6) is 2.06. The van der Waals surface area contributed by atoms with Gasteiger partial charge in [-0.3, -0.25) is 4.79 Å². The Morgan fingerprint density at radius 3 is 2.86 bits per heavy atom. The minimum atomic E-state index is 0.132. The molecule has 0 bridgehead atoms. The van der Waals surface area contributed by atoms with Crippen molar-refractivity contribution < 1.29 is 4.79 Å². The summed E-state index contributed by atoms with van der Waals surface area (Å²) in [6.45, 7) is 6.95. The fourth-order valence-electron chi connectivity index (χ4n) is 3.21. The van der Waals surface area contributed by atoms with E-state index in [0.29, 0.717) is 6.54 Å². The van der Waals surface area contributed by atoms with Gasteiger partial charge in [0.05, 0.1) is 6.54 Å². The van der Waals surface area contributed by atoms with E-state index in [9.17, 15) is 4.79 Å². The molecule has 0 saturated heterocycles. The summed E-state index contributed by atoms with van der Waals surface area (Å²) in [7, 11) is 0. The molecule has 1 aromatic heterocycles. The number of carbonyl (C=O) groups excluding carboxylic acids is 1. The molecule has 1 aromatic carbocycles. The van der Waals surface area contributed by atoms with Crippen LogP contribution in [0.1, 0.15) is 44.5 Å². The second kappa shape index (κ2) is 10.6. The van der Waals surface area contributed by atoms with Crippen LogP contribution < -0.4 is 16.0 Å². The molecule has 1 heterocycles. The van der Waals surface area contributed by atoms with E-state index in [1.54, 1.807) is 6.33 Å². The van der Waals surface area contributed by atoms with Crippen LogP contribution in [0.2, 0.25) is 0 Å². The Morgan fingerprint density at radius 2 is 2.14 bits per heavy atom. The predicted molar refractivity (Wildman–Crippen MR) is 115 cm³/mol. The molecule has 156 valence electrons. The monoisotopic (exact) mass is 397 g/mol. The van der Waals surface area contributed by atoms with Gasteiger partial charge in [0.1, 0.15) is 12.2 Å². The van der Waals surface area contributed by atoms with Gasteiger partial charge in [-0.05, 0) is 37.5 Å². The third kappa shape index (κ3) is 6.04. The van der Waals surface area contributed by atoms with Crippen molar-refractivity contribution in [3.8, 4) is 0 Å². The fourth-order valence-corrected chi connectivity index (χ4v) is 3.21. The first-order chi connectivity index (χ1) is 14.2. The number of nitrogens with one attached hydrogen (secondary N) is 3. The van der Waals surface area contributed by atoms with Gasteiger partial charge in [-0.1, -0.05) is 25.5 Å². The van der Waals surface area contributed by atoms with Crippen molar-refractivity contribution in [1.82, 2.24) is 25.4 Å². The van der Waals surface area contributed by atoms with Crippen molar-refractivity contribution in [3.63, 3.8) is 0 Å². The first-order valence-corrected chi connectivity index (χ1v) is 10.5. The van der Waals surface area contributed by atoms with Crippen LogP contribution >= 0.6 is 0 Å². The molecule has 0 aliphatic heterocycles. The van der Waals surface area contributed by atoms with Crippen LogP contribution in [0, 0.1) is 5.92 Å². The summed E-state index contributed by atoms with van der Waals surface area (Å²) >= 11 is 0. The zero-order valence-electron chi connectivity index (χ0n) is 17.3. The maximum Gasteiger partial charge on any atom is 0.227 e. The van der Waals surface area contributed by atoms with Crippen LogP contribution in [-0.4, -0.2) is 39.7 Å². The first kappa shape index (κ1) is 20.8. The Kier molecular flexibility index (Phi) is 7.61. The van der Waals surface area contributed by atoms with Gasteiger partial charge < -0.3 is 20.5 Å². The van der Waals surface area contributed by atoms with Crippen molar-refractivity contribution in [1.29, 1.82) is 0 Å². The molecule has 1 saturated carbocycles. The lowest BCUT2D eigenvalue weighted by Gasteiger charge is -2.24. The highest BCUT2D eigenvalue weighted by molar-refractivity contribution is 5.93. The quantitative estimate of drug-likeness (QED) is 0.446. The Hall–Kier alpha value is -2.90. The summed E-state index contributed by atoms with van der Waals surface area (Å²) in [6.07, 6.45) is 5.78. The number of anilines is 1. The fraction of sp³-hybridized carbons (Fsp3) is 0.524. The van der Waals surface area contributed by atoms with Crippen LogP contribution in [0.5, 0.6) is 0 Å². The molecule has 29 heavy (non-hydrogen) atoms. The number of carbonyl (C=O) groups is 1. The van der Waals surface area contributed by atoms with Crippen LogP contribution in [0.25, 0.3) is 0 Å². The third-order valence-corrected chi connectivity index (χ3v) is 5.09. The van der Waals surface area contributed by atoms with E-state index >= 15 is 0 Å². The van der Waals surface area contributed by atoms with Crippen LogP contribution in [0.4, 0.5) is 5.69 Å². The summed E-state index contributed by atoms with van der Waals surface area (Å²) in [5, 5.41) is 17.7. The van der Waals surface area contributed by atoms with Crippen molar-refractivity contribution in [2.45, 2.75) is 52.6 Å². The lowest BCUT2D eigenvalue weighted by molar-refractivity contribution is -0.122. The van der Waals surface area contributed by atoms with Gasteiger partial charge >= 0.3 is 0 Å². The topological polar surface area (TPSA) is 96.2 Å². The molecule has 3 N–H and O–H groups in total. The summed E-state index contributed by atoms with van der Waals surface area (Å²) in [5.41, 5.74) is 1.90. The molecule has 8 heteroatoms. The maximum absolute atomic E-state index is 12.1.